The highest BCUT2D eigenvalue weighted by Gasteiger charge is 2.26. The molecular weight excluding hydrogens is 373 g/mol. The van der Waals surface area contributed by atoms with Crippen molar-refractivity contribution in [3.8, 4) is 0 Å². The molecule has 2 aromatic heterocycles. The summed E-state index contributed by atoms with van der Waals surface area (Å²) in [6, 6.07) is 7.78. The lowest BCUT2D eigenvalue weighted by molar-refractivity contribution is -0.116. The number of hydrogen-bond donors (Lipinski definition) is 1. The van der Waals surface area contributed by atoms with Gasteiger partial charge in [0.05, 0.1) is 16.3 Å². The van der Waals surface area contributed by atoms with Crippen molar-refractivity contribution < 1.29 is 9.18 Å². The van der Waals surface area contributed by atoms with E-state index in [1.807, 2.05) is 19.2 Å². The zero-order valence-electron chi connectivity index (χ0n) is 14.5. The van der Waals surface area contributed by atoms with E-state index in [0.29, 0.717) is 15.4 Å². The lowest BCUT2D eigenvalue weighted by Gasteiger charge is -2.20. The molecule has 0 aliphatic heterocycles. The lowest BCUT2D eigenvalue weighted by Crippen LogP contribution is -2.31. The van der Waals surface area contributed by atoms with Crippen LogP contribution in [0.1, 0.15) is 13.8 Å². The number of amides is 1. The van der Waals surface area contributed by atoms with E-state index in [-0.39, 0.29) is 23.1 Å². The van der Waals surface area contributed by atoms with Gasteiger partial charge in [0.25, 0.3) is 5.56 Å². The number of benzene rings is 1. The maximum absolute atomic E-state index is 13.8. The molecule has 0 saturated carbocycles. The van der Waals surface area contributed by atoms with E-state index in [9.17, 15) is 14.0 Å². The summed E-state index contributed by atoms with van der Waals surface area (Å²) < 4.78 is 15.3. The number of nitrogens with zero attached hydrogens (tertiary/aromatic N) is 2. The Hall–Kier alpha value is -2.19. The first-order valence-electron chi connectivity index (χ1n) is 8.04. The minimum atomic E-state index is -0.523. The van der Waals surface area contributed by atoms with Gasteiger partial charge in [0, 0.05) is 7.05 Å². The minimum Gasteiger partial charge on any atom is -0.323 e. The SMILES string of the molecule is CC(C)C(Sc1nc2sccc2c(=O)n1C)C(=O)Nc1ccccc1F. The summed E-state index contributed by atoms with van der Waals surface area (Å²) in [5.74, 6) is -0.850. The molecule has 0 aliphatic rings. The van der Waals surface area contributed by atoms with Crippen molar-refractivity contribution in [3.05, 3.63) is 51.9 Å². The third-order valence-corrected chi connectivity index (χ3v) is 6.29. The average Bonchev–Trinajstić information content (AvgIpc) is 3.07. The molecule has 2 heterocycles. The summed E-state index contributed by atoms with van der Waals surface area (Å²) in [7, 11) is 1.64. The normalized spacial score (nSPS) is 12.5. The second kappa shape index (κ2) is 7.59. The third-order valence-electron chi connectivity index (χ3n) is 3.89. The molecule has 0 aliphatic carbocycles. The van der Waals surface area contributed by atoms with Crippen molar-refractivity contribution in [2.45, 2.75) is 24.3 Å². The van der Waals surface area contributed by atoms with Crippen molar-refractivity contribution in [1.29, 1.82) is 0 Å². The molecule has 0 radical (unpaired) electrons. The molecule has 0 saturated heterocycles. The molecule has 0 spiro atoms. The van der Waals surface area contributed by atoms with Crippen molar-refractivity contribution in [1.82, 2.24) is 9.55 Å². The van der Waals surface area contributed by atoms with E-state index in [1.54, 1.807) is 25.2 Å². The van der Waals surface area contributed by atoms with Crippen LogP contribution in [-0.2, 0) is 11.8 Å². The zero-order valence-corrected chi connectivity index (χ0v) is 16.2. The molecule has 3 rings (SSSR count). The number of carbonyl (C=O) groups excluding carboxylic acids is 1. The van der Waals surface area contributed by atoms with E-state index >= 15 is 0 Å². The zero-order chi connectivity index (χ0) is 18.8. The fourth-order valence-corrected chi connectivity index (χ4v) is 4.32. The maximum Gasteiger partial charge on any atom is 0.262 e. The Morgan fingerprint density at radius 1 is 1.31 bits per heavy atom. The van der Waals surface area contributed by atoms with Gasteiger partial charge in [0.1, 0.15) is 10.6 Å². The standard InChI is InChI=1S/C18H18FN3O2S2/c1-10(2)14(15(23)20-13-7-5-4-6-12(13)19)26-18-21-16-11(8-9-25-16)17(24)22(18)3/h4-10,14H,1-3H3,(H,20,23). The Bertz CT molecular complexity index is 1010. The van der Waals surface area contributed by atoms with Gasteiger partial charge in [-0.3, -0.25) is 14.2 Å². The van der Waals surface area contributed by atoms with Crippen LogP contribution in [0.5, 0.6) is 0 Å². The van der Waals surface area contributed by atoms with Crippen molar-refractivity contribution in [3.63, 3.8) is 0 Å². The number of thiophene rings is 1. The molecule has 3 aromatic rings. The van der Waals surface area contributed by atoms with Gasteiger partial charge in [-0.25, -0.2) is 9.37 Å². The van der Waals surface area contributed by atoms with Crippen molar-refractivity contribution in [2.75, 3.05) is 5.32 Å². The van der Waals surface area contributed by atoms with Crippen LogP contribution in [-0.4, -0.2) is 20.7 Å². The summed E-state index contributed by atoms with van der Waals surface area (Å²) in [5, 5.41) is 4.96. The molecule has 26 heavy (non-hydrogen) atoms. The summed E-state index contributed by atoms with van der Waals surface area (Å²) in [5.41, 5.74) is -0.00456. The highest BCUT2D eigenvalue weighted by molar-refractivity contribution is 8.00. The first-order valence-corrected chi connectivity index (χ1v) is 9.80. The number of halogens is 1. The summed E-state index contributed by atoms with van der Waals surface area (Å²) >= 11 is 2.60. The molecule has 0 fully saturated rings. The molecule has 1 amide bonds. The highest BCUT2D eigenvalue weighted by Crippen LogP contribution is 2.29. The summed E-state index contributed by atoms with van der Waals surface area (Å²) in [6.45, 7) is 3.81. The quantitative estimate of drug-likeness (QED) is 0.529. The van der Waals surface area contributed by atoms with Crippen LogP contribution in [0.4, 0.5) is 10.1 Å². The predicted molar refractivity (Wildman–Crippen MR) is 104 cm³/mol. The third kappa shape index (κ3) is 3.66. The van der Waals surface area contributed by atoms with Gasteiger partial charge in [0.2, 0.25) is 5.91 Å². The number of nitrogens with one attached hydrogen (secondary N) is 1. The number of aromatic nitrogens is 2. The molecule has 1 atom stereocenters. The summed E-state index contributed by atoms with van der Waals surface area (Å²) in [4.78, 5) is 30.3. The average molecular weight is 391 g/mol. The van der Waals surface area contributed by atoms with E-state index < -0.39 is 11.1 Å². The highest BCUT2D eigenvalue weighted by atomic mass is 32.2. The first kappa shape index (κ1) is 18.6. The maximum atomic E-state index is 13.8. The fourth-order valence-electron chi connectivity index (χ4n) is 2.46. The minimum absolute atomic E-state index is 0.0392. The molecule has 5 nitrogen and oxygen atoms in total. The second-order valence-electron chi connectivity index (χ2n) is 6.15. The Morgan fingerprint density at radius 3 is 2.73 bits per heavy atom. The van der Waals surface area contributed by atoms with Crippen LogP contribution < -0.4 is 10.9 Å². The number of fused-ring (bicyclic) bond motifs is 1. The Morgan fingerprint density at radius 2 is 2.04 bits per heavy atom. The Labute approximate surface area is 158 Å². The Kier molecular flexibility index (Phi) is 5.43. The smallest absolute Gasteiger partial charge is 0.262 e. The van der Waals surface area contributed by atoms with Gasteiger partial charge < -0.3 is 5.32 Å². The van der Waals surface area contributed by atoms with Gasteiger partial charge in [-0.05, 0) is 29.5 Å². The van der Waals surface area contributed by atoms with Crippen molar-refractivity contribution in [2.24, 2.45) is 13.0 Å². The second-order valence-corrected chi connectivity index (χ2v) is 8.15. The van der Waals surface area contributed by atoms with Crippen LogP contribution in [0, 0.1) is 11.7 Å². The fraction of sp³-hybridized carbons (Fsp3) is 0.278. The first-order chi connectivity index (χ1) is 12.4. The molecule has 8 heteroatoms. The van der Waals surface area contributed by atoms with Gasteiger partial charge in [-0.1, -0.05) is 37.7 Å². The van der Waals surface area contributed by atoms with E-state index in [2.05, 4.69) is 10.3 Å². The van der Waals surface area contributed by atoms with Crippen LogP contribution in [0.3, 0.4) is 0 Å². The molecule has 1 N–H and O–H groups in total. The van der Waals surface area contributed by atoms with Crippen LogP contribution in [0.25, 0.3) is 10.2 Å². The molecule has 1 unspecified atom stereocenters. The number of para-hydroxylation sites is 1. The molecule has 1 aromatic carbocycles. The molecular formula is C18H18FN3O2S2. The number of rotatable bonds is 5. The van der Waals surface area contributed by atoms with Gasteiger partial charge >= 0.3 is 0 Å². The van der Waals surface area contributed by atoms with Crippen LogP contribution in [0.2, 0.25) is 0 Å². The van der Waals surface area contributed by atoms with Gasteiger partial charge in [0.15, 0.2) is 5.16 Å². The topological polar surface area (TPSA) is 64.0 Å². The largest absolute Gasteiger partial charge is 0.323 e. The summed E-state index contributed by atoms with van der Waals surface area (Å²) in [6.07, 6.45) is 0. The number of anilines is 1. The monoisotopic (exact) mass is 391 g/mol. The van der Waals surface area contributed by atoms with Gasteiger partial charge in [-0.15, -0.1) is 11.3 Å². The van der Waals surface area contributed by atoms with E-state index in [1.165, 1.54) is 39.8 Å². The van der Waals surface area contributed by atoms with Crippen LogP contribution in [0.15, 0.2) is 45.7 Å². The predicted octanol–water partition coefficient (Wildman–Crippen LogP) is 3.89. The lowest BCUT2D eigenvalue weighted by atomic mass is 10.1. The number of hydrogen-bond acceptors (Lipinski definition) is 5. The van der Waals surface area contributed by atoms with Crippen molar-refractivity contribution >= 4 is 44.9 Å². The number of thioether (sulfide) groups is 1. The van der Waals surface area contributed by atoms with E-state index in [0.717, 1.165) is 0 Å². The molecule has 0 bridgehead atoms. The van der Waals surface area contributed by atoms with Gasteiger partial charge in [-0.2, -0.15) is 0 Å². The van der Waals surface area contributed by atoms with E-state index in [4.69, 9.17) is 0 Å². The number of carbonyl (C=O) groups is 1. The van der Waals surface area contributed by atoms with Crippen LogP contribution >= 0.6 is 23.1 Å². The Balaban J connectivity index is 1.89. The molecule has 136 valence electrons.